The van der Waals surface area contributed by atoms with Crippen LogP contribution in [-0.2, 0) is 24.2 Å². The molecule has 1 aromatic heterocycles. The summed E-state index contributed by atoms with van der Waals surface area (Å²) in [4.78, 5) is 12.3. The van der Waals surface area contributed by atoms with Gasteiger partial charge >= 0.3 is 0 Å². The van der Waals surface area contributed by atoms with Crippen LogP contribution in [0.4, 0.5) is 5.69 Å². The van der Waals surface area contributed by atoms with E-state index in [9.17, 15) is 4.79 Å². The van der Waals surface area contributed by atoms with Crippen molar-refractivity contribution in [2.75, 3.05) is 25.3 Å². The third-order valence-corrected chi connectivity index (χ3v) is 5.79. The maximum Gasteiger partial charge on any atom is 0.234 e. The second-order valence-corrected chi connectivity index (χ2v) is 7.86. The van der Waals surface area contributed by atoms with Gasteiger partial charge in [-0.1, -0.05) is 30.0 Å². The van der Waals surface area contributed by atoms with E-state index in [-0.39, 0.29) is 11.7 Å². The number of hydrogen-bond donors (Lipinski definition) is 1. The van der Waals surface area contributed by atoms with Crippen molar-refractivity contribution in [3.63, 3.8) is 0 Å². The molecule has 2 aromatic carbocycles. The van der Waals surface area contributed by atoms with E-state index < -0.39 is 0 Å². The van der Waals surface area contributed by atoms with Crippen molar-refractivity contribution >= 4 is 23.4 Å². The third-order valence-electron chi connectivity index (χ3n) is 4.82. The van der Waals surface area contributed by atoms with Gasteiger partial charge in [0.05, 0.1) is 20.0 Å². The van der Waals surface area contributed by atoms with Crippen molar-refractivity contribution in [3.05, 3.63) is 59.9 Å². The largest absolute Gasteiger partial charge is 0.497 e. The fraction of sp³-hybridized carbons (Fsp3) is 0.348. The summed E-state index contributed by atoms with van der Waals surface area (Å²) in [5, 5.41) is 12.3. The lowest BCUT2D eigenvalue weighted by molar-refractivity contribution is -0.113. The molecule has 0 unspecified atom stereocenters. The second-order valence-electron chi connectivity index (χ2n) is 6.91. The summed E-state index contributed by atoms with van der Waals surface area (Å²) in [6.45, 7) is 2.83. The zero-order chi connectivity index (χ0) is 22.1. The van der Waals surface area contributed by atoms with Gasteiger partial charge in [-0.25, -0.2) is 0 Å². The smallest absolute Gasteiger partial charge is 0.234 e. The number of carbonyl (C=O) groups excluding carboxylic acids is 1. The van der Waals surface area contributed by atoms with E-state index in [1.807, 2.05) is 30.3 Å². The lowest BCUT2D eigenvalue weighted by atomic mass is 10.1. The highest BCUT2D eigenvalue weighted by molar-refractivity contribution is 7.99. The van der Waals surface area contributed by atoms with Gasteiger partial charge in [-0.2, -0.15) is 0 Å². The fourth-order valence-electron chi connectivity index (χ4n) is 3.20. The van der Waals surface area contributed by atoms with Crippen molar-refractivity contribution in [2.45, 2.75) is 37.9 Å². The molecular weight excluding hydrogens is 412 g/mol. The average Bonchev–Trinajstić information content (AvgIpc) is 3.20. The quantitative estimate of drug-likeness (QED) is 0.450. The summed E-state index contributed by atoms with van der Waals surface area (Å²) in [6, 6.07) is 15.4. The standard InChI is InChI=1S/C23H28N4O3S/c1-4-27-21(10-5-7-17-11-13-19(29-2)14-12-17)25-26-23(27)31-16-22(28)24-18-8-6-9-20(15-18)30-3/h6,8-9,11-15H,4-5,7,10,16H2,1-3H3,(H,24,28). The summed E-state index contributed by atoms with van der Waals surface area (Å²) in [7, 11) is 3.27. The number of amides is 1. The van der Waals surface area contributed by atoms with Gasteiger partial charge in [0.1, 0.15) is 17.3 Å². The van der Waals surface area contributed by atoms with Gasteiger partial charge in [-0.15, -0.1) is 10.2 Å². The molecule has 0 spiro atoms. The van der Waals surface area contributed by atoms with Gasteiger partial charge in [-0.05, 0) is 49.6 Å². The molecule has 0 aliphatic carbocycles. The van der Waals surface area contributed by atoms with Gasteiger partial charge in [0.25, 0.3) is 0 Å². The van der Waals surface area contributed by atoms with Gasteiger partial charge < -0.3 is 19.4 Å². The number of nitrogens with zero attached hydrogens (tertiary/aromatic N) is 3. The van der Waals surface area contributed by atoms with E-state index >= 15 is 0 Å². The predicted octanol–water partition coefficient (Wildman–Crippen LogP) is 4.22. The Balaban J connectivity index is 1.51. The summed E-state index contributed by atoms with van der Waals surface area (Å²) in [5.74, 6) is 2.69. The molecule has 0 aliphatic rings. The van der Waals surface area contributed by atoms with Gasteiger partial charge in [0.2, 0.25) is 5.91 Å². The van der Waals surface area contributed by atoms with Crippen molar-refractivity contribution in [1.82, 2.24) is 14.8 Å². The maximum atomic E-state index is 12.3. The van der Waals surface area contributed by atoms with Crippen LogP contribution in [0.1, 0.15) is 24.7 Å². The number of aromatic nitrogens is 3. The summed E-state index contributed by atoms with van der Waals surface area (Å²) < 4.78 is 12.5. The first kappa shape index (κ1) is 22.7. The van der Waals surface area contributed by atoms with Gasteiger partial charge in [0, 0.05) is 24.7 Å². The summed E-state index contributed by atoms with van der Waals surface area (Å²) in [6.07, 6.45) is 2.78. The van der Waals surface area contributed by atoms with Crippen LogP contribution in [0.3, 0.4) is 0 Å². The zero-order valence-corrected chi connectivity index (χ0v) is 18.9. The number of ether oxygens (including phenoxy) is 2. The maximum absolute atomic E-state index is 12.3. The second kappa shape index (κ2) is 11.4. The Labute approximate surface area is 187 Å². The SMILES string of the molecule is CCn1c(CCCc2ccc(OC)cc2)nnc1SCC(=O)Nc1cccc(OC)c1. The van der Waals surface area contributed by atoms with Crippen LogP contribution in [0.2, 0.25) is 0 Å². The molecule has 31 heavy (non-hydrogen) atoms. The summed E-state index contributed by atoms with van der Waals surface area (Å²) in [5.41, 5.74) is 1.98. The summed E-state index contributed by atoms with van der Waals surface area (Å²) >= 11 is 1.40. The van der Waals surface area contributed by atoms with E-state index in [2.05, 4.69) is 39.1 Å². The molecule has 3 aromatic rings. The number of benzene rings is 2. The Morgan fingerprint density at radius 3 is 2.52 bits per heavy atom. The predicted molar refractivity (Wildman–Crippen MR) is 123 cm³/mol. The van der Waals surface area contributed by atoms with Crippen LogP contribution in [0, 0.1) is 0 Å². The zero-order valence-electron chi connectivity index (χ0n) is 18.1. The first-order valence-electron chi connectivity index (χ1n) is 10.2. The lowest BCUT2D eigenvalue weighted by Crippen LogP contribution is -2.14. The minimum Gasteiger partial charge on any atom is -0.497 e. The topological polar surface area (TPSA) is 78.3 Å². The van der Waals surface area contributed by atoms with E-state index in [0.717, 1.165) is 42.5 Å². The molecule has 1 amide bonds. The first-order valence-corrected chi connectivity index (χ1v) is 11.2. The molecule has 8 heteroatoms. The molecule has 0 fully saturated rings. The first-order chi connectivity index (χ1) is 15.1. The molecule has 0 radical (unpaired) electrons. The molecule has 0 atom stereocenters. The number of hydrogen-bond acceptors (Lipinski definition) is 6. The number of rotatable bonds is 11. The third kappa shape index (κ3) is 6.49. The van der Waals surface area contributed by atoms with Crippen molar-refractivity contribution < 1.29 is 14.3 Å². The molecule has 3 rings (SSSR count). The highest BCUT2D eigenvalue weighted by atomic mass is 32.2. The van der Waals surface area contributed by atoms with Crippen molar-refractivity contribution in [1.29, 1.82) is 0 Å². The van der Waals surface area contributed by atoms with Gasteiger partial charge in [0.15, 0.2) is 5.16 Å². The Kier molecular flexibility index (Phi) is 8.35. The molecule has 0 aliphatic heterocycles. The minimum absolute atomic E-state index is 0.0926. The van der Waals surface area contributed by atoms with Crippen LogP contribution in [0.15, 0.2) is 53.7 Å². The highest BCUT2D eigenvalue weighted by Gasteiger charge is 2.13. The lowest BCUT2D eigenvalue weighted by Gasteiger charge is -2.09. The molecule has 0 saturated heterocycles. The van der Waals surface area contributed by atoms with Crippen LogP contribution < -0.4 is 14.8 Å². The molecule has 7 nitrogen and oxygen atoms in total. The highest BCUT2D eigenvalue weighted by Crippen LogP contribution is 2.21. The Morgan fingerprint density at radius 2 is 1.81 bits per heavy atom. The average molecular weight is 441 g/mol. The van der Waals surface area contributed by atoms with Crippen LogP contribution in [-0.4, -0.2) is 40.6 Å². The number of anilines is 1. The number of thioether (sulfide) groups is 1. The Hall–Kier alpha value is -3.00. The Morgan fingerprint density at radius 1 is 1.03 bits per heavy atom. The Bertz CT molecular complexity index is 989. The van der Waals surface area contributed by atoms with E-state index in [0.29, 0.717) is 11.4 Å². The normalized spacial score (nSPS) is 10.7. The number of methoxy groups -OCH3 is 2. The monoisotopic (exact) mass is 440 g/mol. The van der Waals surface area contributed by atoms with Crippen LogP contribution in [0.5, 0.6) is 11.5 Å². The van der Waals surface area contributed by atoms with Crippen LogP contribution >= 0.6 is 11.8 Å². The van der Waals surface area contributed by atoms with E-state index in [1.165, 1.54) is 17.3 Å². The molecule has 0 bridgehead atoms. The number of aryl methyl sites for hydroxylation is 2. The molecular formula is C23H28N4O3S. The van der Waals surface area contributed by atoms with Crippen molar-refractivity contribution in [3.8, 4) is 11.5 Å². The molecule has 1 N–H and O–H groups in total. The number of nitrogens with one attached hydrogen (secondary N) is 1. The van der Waals surface area contributed by atoms with Crippen molar-refractivity contribution in [2.24, 2.45) is 0 Å². The van der Waals surface area contributed by atoms with Gasteiger partial charge in [-0.3, -0.25) is 4.79 Å². The fourth-order valence-corrected chi connectivity index (χ4v) is 4.02. The molecule has 164 valence electrons. The van der Waals surface area contributed by atoms with E-state index in [4.69, 9.17) is 9.47 Å². The number of carbonyl (C=O) groups is 1. The van der Waals surface area contributed by atoms with Crippen LogP contribution in [0.25, 0.3) is 0 Å². The molecule has 1 heterocycles. The minimum atomic E-state index is -0.0926. The van der Waals surface area contributed by atoms with E-state index in [1.54, 1.807) is 20.3 Å². The molecule has 0 saturated carbocycles.